The van der Waals surface area contributed by atoms with Gasteiger partial charge in [0.2, 0.25) is 5.95 Å². The molecule has 0 unspecified atom stereocenters. The summed E-state index contributed by atoms with van der Waals surface area (Å²) in [6, 6.07) is 1.86. The average molecular weight is 250 g/mol. The number of nitrogens with zero attached hydrogens (tertiary/aromatic N) is 3. The van der Waals surface area contributed by atoms with Gasteiger partial charge in [0.1, 0.15) is 10.8 Å². The molecule has 0 aliphatic carbocycles. The second-order valence-corrected chi connectivity index (χ2v) is 4.38. The molecular weight excluding hydrogens is 236 g/mol. The summed E-state index contributed by atoms with van der Waals surface area (Å²) in [5.74, 6) is 1.01. The van der Waals surface area contributed by atoms with Crippen LogP contribution in [0, 0.1) is 0 Å². The Labute approximate surface area is 103 Å². The predicted octanol–water partition coefficient (Wildman–Crippen LogP) is 1.75. The molecule has 0 aromatic carbocycles. The lowest BCUT2D eigenvalue weighted by atomic mass is 10.4. The molecule has 0 spiro atoms. The first-order chi connectivity index (χ1) is 8.28. The molecule has 2 heterocycles. The summed E-state index contributed by atoms with van der Waals surface area (Å²) in [6.07, 6.45) is 4.50. The monoisotopic (exact) mass is 250 g/mol. The zero-order valence-electron chi connectivity index (χ0n) is 9.47. The van der Waals surface area contributed by atoms with Crippen LogP contribution >= 0.6 is 11.8 Å². The van der Waals surface area contributed by atoms with Gasteiger partial charge < -0.3 is 16.0 Å². The molecule has 0 saturated carbocycles. The Kier molecular flexibility index (Phi) is 3.81. The first-order valence-electron chi connectivity index (χ1n) is 5.33. The molecule has 0 radical (unpaired) electrons. The van der Waals surface area contributed by atoms with Crippen molar-refractivity contribution in [2.45, 2.75) is 23.5 Å². The third kappa shape index (κ3) is 3.35. The molecule has 4 N–H and O–H groups in total. The third-order valence-corrected chi connectivity index (χ3v) is 2.79. The molecule has 90 valence electrons. The van der Waals surface area contributed by atoms with E-state index in [0.29, 0.717) is 0 Å². The Balaban J connectivity index is 2.13. The lowest BCUT2D eigenvalue weighted by Gasteiger charge is -2.06. The van der Waals surface area contributed by atoms with Crippen molar-refractivity contribution in [2.24, 2.45) is 0 Å². The van der Waals surface area contributed by atoms with Crippen LogP contribution < -0.4 is 11.1 Å². The number of nitrogen functional groups attached to an aromatic ring is 1. The maximum atomic E-state index is 5.65. The number of nitrogens with two attached hydrogens (primary N) is 1. The Hall–Kier alpha value is -1.76. The van der Waals surface area contributed by atoms with Crippen molar-refractivity contribution in [1.82, 2.24) is 19.9 Å². The molecule has 0 amide bonds. The number of imidazole rings is 1. The summed E-state index contributed by atoms with van der Waals surface area (Å²) in [5, 5.41) is 4.73. The van der Waals surface area contributed by atoms with Crippen LogP contribution in [0.3, 0.4) is 0 Å². The molecule has 0 saturated heterocycles. The lowest BCUT2D eigenvalue weighted by molar-refractivity contribution is 0.955. The quantitative estimate of drug-likeness (QED) is 0.700. The molecular formula is C10H14N6S. The molecule has 0 aliphatic heterocycles. The summed E-state index contributed by atoms with van der Waals surface area (Å²) in [7, 11) is 0. The van der Waals surface area contributed by atoms with Gasteiger partial charge in [0.05, 0.1) is 0 Å². The van der Waals surface area contributed by atoms with Crippen LogP contribution in [0.15, 0.2) is 28.6 Å². The fourth-order valence-electron chi connectivity index (χ4n) is 1.24. The lowest BCUT2D eigenvalue weighted by Crippen LogP contribution is -2.05. The van der Waals surface area contributed by atoms with Gasteiger partial charge in [0, 0.05) is 25.0 Å². The number of aromatic nitrogens is 4. The summed E-state index contributed by atoms with van der Waals surface area (Å²) in [6.45, 7) is 2.96. The van der Waals surface area contributed by atoms with Crippen molar-refractivity contribution in [3.63, 3.8) is 0 Å². The molecule has 7 heteroatoms. The van der Waals surface area contributed by atoms with Crippen molar-refractivity contribution in [1.29, 1.82) is 0 Å². The second kappa shape index (κ2) is 5.53. The van der Waals surface area contributed by atoms with Gasteiger partial charge in [-0.1, -0.05) is 6.92 Å². The minimum atomic E-state index is 0.264. The number of hydrogen-bond acceptors (Lipinski definition) is 6. The fourth-order valence-corrected chi connectivity index (χ4v) is 1.99. The summed E-state index contributed by atoms with van der Waals surface area (Å²) < 4.78 is 0. The Morgan fingerprint density at radius 1 is 1.47 bits per heavy atom. The zero-order chi connectivity index (χ0) is 12.1. The minimum absolute atomic E-state index is 0.264. The molecule has 2 aromatic rings. The van der Waals surface area contributed by atoms with E-state index in [9.17, 15) is 0 Å². The first-order valence-corrected chi connectivity index (χ1v) is 6.15. The SMILES string of the molecule is CCCNc1cc(Sc2ncc[nH]2)nc(N)n1. The van der Waals surface area contributed by atoms with Gasteiger partial charge in [-0.05, 0) is 18.2 Å². The normalized spacial score (nSPS) is 10.4. The highest BCUT2D eigenvalue weighted by atomic mass is 32.2. The van der Waals surface area contributed by atoms with Crippen LogP contribution in [0.25, 0.3) is 0 Å². The van der Waals surface area contributed by atoms with E-state index in [-0.39, 0.29) is 5.95 Å². The van der Waals surface area contributed by atoms with Gasteiger partial charge in [-0.25, -0.2) is 9.97 Å². The van der Waals surface area contributed by atoms with E-state index in [0.717, 1.165) is 29.0 Å². The van der Waals surface area contributed by atoms with Crippen molar-refractivity contribution >= 4 is 23.5 Å². The molecule has 6 nitrogen and oxygen atoms in total. The molecule has 17 heavy (non-hydrogen) atoms. The van der Waals surface area contributed by atoms with Crippen LogP contribution in [0.1, 0.15) is 13.3 Å². The fraction of sp³-hybridized carbons (Fsp3) is 0.300. The van der Waals surface area contributed by atoms with E-state index in [1.807, 2.05) is 6.07 Å². The van der Waals surface area contributed by atoms with E-state index < -0.39 is 0 Å². The zero-order valence-corrected chi connectivity index (χ0v) is 10.3. The molecule has 0 bridgehead atoms. The van der Waals surface area contributed by atoms with Crippen LogP contribution in [-0.2, 0) is 0 Å². The van der Waals surface area contributed by atoms with Gasteiger partial charge in [-0.15, -0.1) is 0 Å². The van der Waals surface area contributed by atoms with Gasteiger partial charge in [-0.2, -0.15) is 4.98 Å². The smallest absolute Gasteiger partial charge is 0.223 e. The van der Waals surface area contributed by atoms with E-state index >= 15 is 0 Å². The second-order valence-electron chi connectivity index (χ2n) is 3.37. The van der Waals surface area contributed by atoms with Gasteiger partial charge in [0.15, 0.2) is 5.16 Å². The minimum Gasteiger partial charge on any atom is -0.370 e. The van der Waals surface area contributed by atoms with Crippen molar-refractivity contribution in [2.75, 3.05) is 17.6 Å². The van der Waals surface area contributed by atoms with Crippen molar-refractivity contribution in [3.8, 4) is 0 Å². The van der Waals surface area contributed by atoms with Crippen LogP contribution in [0.2, 0.25) is 0 Å². The predicted molar refractivity (Wildman–Crippen MR) is 67.9 cm³/mol. The van der Waals surface area contributed by atoms with E-state index in [4.69, 9.17) is 5.73 Å². The van der Waals surface area contributed by atoms with Crippen LogP contribution in [0.5, 0.6) is 0 Å². The number of hydrogen-bond donors (Lipinski definition) is 3. The standard InChI is InChI=1S/C10H14N6S/c1-2-3-12-7-6-8(16-9(11)15-7)17-10-13-4-5-14-10/h4-6H,2-3H2,1H3,(H,13,14)(H3,11,12,15,16). The topological polar surface area (TPSA) is 92.5 Å². The largest absolute Gasteiger partial charge is 0.370 e. The molecule has 0 atom stereocenters. The van der Waals surface area contributed by atoms with E-state index in [1.54, 1.807) is 12.4 Å². The number of rotatable bonds is 5. The van der Waals surface area contributed by atoms with Crippen molar-refractivity contribution < 1.29 is 0 Å². The van der Waals surface area contributed by atoms with Crippen LogP contribution in [-0.4, -0.2) is 26.5 Å². The maximum absolute atomic E-state index is 5.65. The van der Waals surface area contributed by atoms with E-state index in [2.05, 4.69) is 32.2 Å². The van der Waals surface area contributed by atoms with E-state index in [1.165, 1.54) is 11.8 Å². The van der Waals surface area contributed by atoms with Crippen molar-refractivity contribution in [3.05, 3.63) is 18.5 Å². The highest BCUT2D eigenvalue weighted by molar-refractivity contribution is 7.99. The molecule has 2 aromatic heterocycles. The Morgan fingerprint density at radius 2 is 2.35 bits per heavy atom. The molecule has 0 aliphatic rings. The molecule has 2 rings (SSSR count). The van der Waals surface area contributed by atoms with Crippen LogP contribution in [0.4, 0.5) is 11.8 Å². The summed E-state index contributed by atoms with van der Waals surface area (Å²) in [4.78, 5) is 15.4. The number of H-pyrrole nitrogens is 1. The van der Waals surface area contributed by atoms with Gasteiger partial charge in [-0.3, -0.25) is 0 Å². The maximum Gasteiger partial charge on any atom is 0.223 e. The number of aromatic amines is 1. The highest BCUT2D eigenvalue weighted by Gasteiger charge is 2.05. The third-order valence-electron chi connectivity index (χ3n) is 1.95. The number of anilines is 2. The summed E-state index contributed by atoms with van der Waals surface area (Å²) in [5.41, 5.74) is 5.65. The average Bonchev–Trinajstić information content (AvgIpc) is 2.78. The number of nitrogens with one attached hydrogen (secondary N) is 2. The first kappa shape index (κ1) is 11.7. The summed E-state index contributed by atoms with van der Waals surface area (Å²) >= 11 is 1.42. The Bertz CT molecular complexity index is 470. The van der Waals surface area contributed by atoms with Gasteiger partial charge in [0.25, 0.3) is 0 Å². The highest BCUT2D eigenvalue weighted by Crippen LogP contribution is 2.24. The molecule has 0 fully saturated rings. The Morgan fingerprint density at radius 3 is 3.06 bits per heavy atom. The van der Waals surface area contributed by atoms with Gasteiger partial charge >= 0.3 is 0 Å².